The summed E-state index contributed by atoms with van der Waals surface area (Å²) in [5, 5.41) is 15.1. The molecule has 2 nitrogen and oxygen atoms in total. The zero-order valence-corrected chi connectivity index (χ0v) is 35.9. The highest BCUT2D eigenvalue weighted by molar-refractivity contribution is 6.28. The minimum atomic E-state index is -0.217. The van der Waals surface area contributed by atoms with Gasteiger partial charge >= 0.3 is 0 Å². The lowest BCUT2D eigenvalue weighted by atomic mass is 9.79. The van der Waals surface area contributed by atoms with E-state index < -0.39 is 0 Å². The number of benzene rings is 10. The Morgan fingerprint density at radius 3 is 1.07 bits per heavy atom. The molecular formula is C57H50O2. The molecule has 0 N–H and O–H groups in total. The van der Waals surface area contributed by atoms with E-state index >= 15 is 0 Å². The maximum Gasteiger partial charge on any atom is 0.127 e. The molecule has 2 heteroatoms. The van der Waals surface area contributed by atoms with Crippen LogP contribution in [-0.4, -0.2) is 14.2 Å². The summed E-state index contributed by atoms with van der Waals surface area (Å²) in [6.07, 6.45) is 0. The number of ether oxygens (including phenoxy) is 2. The summed E-state index contributed by atoms with van der Waals surface area (Å²) in [5.74, 6) is 1.82. The van der Waals surface area contributed by atoms with Crippen LogP contribution in [0.15, 0.2) is 121 Å². The molecule has 0 amide bonds. The van der Waals surface area contributed by atoms with Gasteiger partial charge in [-0.2, -0.15) is 0 Å². The van der Waals surface area contributed by atoms with E-state index in [4.69, 9.17) is 9.47 Å². The van der Waals surface area contributed by atoms with E-state index in [-0.39, 0.29) is 16.2 Å². The van der Waals surface area contributed by atoms with Crippen LogP contribution in [0.1, 0.15) is 77.6 Å². The molecule has 10 aromatic rings. The Balaban J connectivity index is 1.06. The van der Waals surface area contributed by atoms with E-state index in [0.717, 1.165) is 22.3 Å². The topological polar surface area (TPSA) is 18.5 Å². The van der Waals surface area contributed by atoms with Crippen molar-refractivity contribution in [1.82, 2.24) is 0 Å². The van der Waals surface area contributed by atoms with E-state index in [1.165, 1.54) is 109 Å². The molecule has 0 atom stereocenters. The van der Waals surface area contributed by atoms with Crippen molar-refractivity contribution >= 4 is 64.6 Å². The number of hydrogen-bond acceptors (Lipinski definition) is 2. The first-order valence-corrected chi connectivity index (χ1v) is 21.1. The molecule has 0 saturated heterocycles. The molecule has 0 fully saturated rings. The first-order valence-electron chi connectivity index (χ1n) is 21.1. The van der Waals surface area contributed by atoms with Crippen LogP contribution in [0.4, 0.5) is 0 Å². The normalized spacial score (nSPS) is 14.1. The summed E-state index contributed by atoms with van der Waals surface area (Å²) < 4.78 is 12.3. The zero-order valence-electron chi connectivity index (χ0n) is 35.9. The van der Waals surface area contributed by atoms with Crippen molar-refractivity contribution in [3.8, 4) is 44.9 Å². The number of fused-ring (bicyclic) bond motifs is 3. The third kappa shape index (κ3) is 5.05. The summed E-state index contributed by atoms with van der Waals surface area (Å²) in [4.78, 5) is 0. The fraction of sp³-hybridized carbons (Fsp3) is 0.228. The predicted molar refractivity (Wildman–Crippen MR) is 253 cm³/mol. The maximum atomic E-state index is 6.14. The van der Waals surface area contributed by atoms with Gasteiger partial charge in [0.2, 0.25) is 0 Å². The van der Waals surface area contributed by atoms with Gasteiger partial charge in [-0.1, -0.05) is 140 Å². The second-order valence-electron chi connectivity index (χ2n) is 19.7. The van der Waals surface area contributed by atoms with Gasteiger partial charge in [0.25, 0.3) is 0 Å². The summed E-state index contributed by atoms with van der Waals surface area (Å²) in [6, 6.07) is 46.6. The molecule has 59 heavy (non-hydrogen) atoms. The predicted octanol–water partition coefficient (Wildman–Crippen LogP) is 15.7. The number of hydrogen-bond donors (Lipinski definition) is 0. The second-order valence-corrected chi connectivity index (χ2v) is 19.7. The Morgan fingerprint density at radius 2 is 0.729 bits per heavy atom. The Hall–Kier alpha value is -6.12. The smallest absolute Gasteiger partial charge is 0.127 e. The fourth-order valence-corrected chi connectivity index (χ4v) is 10.5. The van der Waals surface area contributed by atoms with Crippen LogP contribution in [-0.2, 0) is 16.2 Å². The molecule has 0 heterocycles. The van der Waals surface area contributed by atoms with Crippen LogP contribution in [0, 0.1) is 0 Å². The second kappa shape index (κ2) is 12.0. The summed E-state index contributed by atoms with van der Waals surface area (Å²) in [7, 11) is 3.60. The minimum Gasteiger partial charge on any atom is -0.496 e. The Bertz CT molecular complexity index is 3120. The lowest BCUT2D eigenvalue weighted by Crippen LogP contribution is -2.15. The summed E-state index contributed by atoms with van der Waals surface area (Å²) in [5.41, 5.74) is 12.8. The SMILES string of the molecule is COc1cc(-c2ccc3c(c2)C(C)(C)c2cc(-c4cc(OC)c5ccc6cc(C(C)(C)C)cc7ccc4c5c67)ccc2-3)c2ccc3cc(C(C)(C)C)cc4ccc1c2c43. The van der Waals surface area contributed by atoms with Gasteiger partial charge in [-0.3, -0.25) is 0 Å². The van der Waals surface area contributed by atoms with E-state index in [1.54, 1.807) is 14.2 Å². The van der Waals surface area contributed by atoms with Gasteiger partial charge in [0.1, 0.15) is 11.5 Å². The molecule has 11 rings (SSSR count). The summed E-state index contributed by atoms with van der Waals surface area (Å²) >= 11 is 0. The van der Waals surface area contributed by atoms with E-state index in [9.17, 15) is 0 Å². The molecule has 10 aromatic carbocycles. The first kappa shape index (κ1) is 36.0. The van der Waals surface area contributed by atoms with Gasteiger partial charge in [0.05, 0.1) is 14.2 Å². The first-order chi connectivity index (χ1) is 28.1. The van der Waals surface area contributed by atoms with Gasteiger partial charge in [-0.25, -0.2) is 0 Å². The number of rotatable bonds is 4. The Labute approximate surface area is 347 Å². The lowest BCUT2D eigenvalue weighted by molar-refractivity contribution is 0.420. The van der Waals surface area contributed by atoms with Crippen molar-refractivity contribution in [2.75, 3.05) is 14.2 Å². The highest BCUT2D eigenvalue weighted by atomic mass is 16.5. The highest BCUT2D eigenvalue weighted by Gasteiger charge is 2.36. The molecule has 1 aliphatic carbocycles. The molecule has 0 radical (unpaired) electrons. The van der Waals surface area contributed by atoms with Gasteiger partial charge in [0.15, 0.2) is 0 Å². The van der Waals surface area contributed by atoms with Crippen LogP contribution in [0.3, 0.4) is 0 Å². The Kier molecular flexibility index (Phi) is 7.31. The lowest BCUT2D eigenvalue weighted by Gasteiger charge is -2.24. The average molecular weight is 767 g/mol. The van der Waals surface area contributed by atoms with Crippen molar-refractivity contribution in [2.45, 2.75) is 71.6 Å². The van der Waals surface area contributed by atoms with E-state index in [0.29, 0.717) is 0 Å². The molecule has 0 aliphatic heterocycles. The Morgan fingerprint density at radius 1 is 0.373 bits per heavy atom. The third-order valence-corrected chi connectivity index (χ3v) is 13.8. The van der Waals surface area contributed by atoms with Crippen molar-refractivity contribution < 1.29 is 9.47 Å². The van der Waals surface area contributed by atoms with Gasteiger partial charge in [-0.15, -0.1) is 0 Å². The third-order valence-electron chi connectivity index (χ3n) is 13.8. The quantitative estimate of drug-likeness (QED) is 0.166. The molecule has 0 spiro atoms. The van der Waals surface area contributed by atoms with Crippen molar-refractivity contribution in [3.05, 3.63) is 144 Å². The van der Waals surface area contributed by atoms with Gasteiger partial charge in [-0.05, 0) is 146 Å². The molecular weight excluding hydrogens is 717 g/mol. The van der Waals surface area contributed by atoms with Crippen LogP contribution in [0.5, 0.6) is 11.5 Å². The standard InChI is InChI=1S/C57H50O2/c1-55(2,3)37-23-33-13-19-41-45(29-49(58-9)43-21-15-35(25-37)51(33)53(41)43)31-11-17-39-40-18-12-32(28-48(40)57(7,8)47(39)27-31)46-30-50(59-10)44-22-16-36-26-38(56(4,5)6)24-34-14-20-42(46)54(44)52(34)36/h11-30H,1-10H3. The van der Waals surface area contributed by atoms with E-state index in [2.05, 4.69) is 177 Å². The molecule has 290 valence electrons. The average Bonchev–Trinajstić information content (AvgIpc) is 3.44. The van der Waals surface area contributed by atoms with Crippen molar-refractivity contribution in [3.63, 3.8) is 0 Å². The van der Waals surface area contributed by atoms with Crippen molar-refractivity contribution in [2.24, 2.45) is 0 Å². The molecule has 0 unspecified atom stereocenters. The van der Waals surface area contributed by atoms with Crippen LogP contribution in [0.2, 0.25) is 0 Å². The van der Waals surface area contributed by atoms with Crippen LogP contribution >= 0.6 is 0 Å². The monoisotopic (exact) mass is 766 g/mol. The number of methoxy groups -OCH3 is 2. The van der Waals surface area contributed by atoms with Gasteiger partial charge in [0, 0.05) is 27.0 Å². The molecule has 1 aliphatic rings. The molecule has 0 aromatic heterocycles. The maximum absolute atomic E-state index is 6.14. The fourth-order valence-electron chi connectivity index (χ4n) is 10.5. The molecule has 0 saturated carbocycles. The largest absolute Gasteiger partial charge is 0.496 e. The zero-order chi connectivity index (χ0) is 40.9. The minimum absolute atomic E-state index is 0.0639. The highest BCUT2D eigenvalue weighted by Crippen LogP contribution is 2.53. The van der Waals surface area contributed by atoms with Crippen molar-refractivity contribution in [1.29, 1.82) is 0 Å². The molecule has 0 bridgehead atoms. The van der Waals surface area contributed by atoms with Crippen LogP contribution in [0.25, 0.3) is 98.0 Å². The summed E-state index contributed by atoms with van der Waals surface area (Å²) in [6.45, 7) is 18.5. The van der Waals surface area contributed by atoms with Gasteiger partial charge < -0.3 is 9.47 Å². The van der Waals surface area contributed by atoms with E-state index in [1.807, 2.05) is 0 Å². The van der Waals surface area contributed by atoms with Crippen LogP contribution < -0.4 is 9.47 Å².